The maximum Gasteiger partial charge on any atom is 0.141 e. The normalized spacial score (nSPS) is 10.2. The standard InChI is InChI=1S/C19H31NS2.Zn/c1-3-5-7-12-16-20(17-13-8-6-4-2)19(21)22-18-14-10-9-11-15-18;/h9-11,14-15H,3-8,12-13,16-17H2,1-2H3;. The maximum absolute atomic E-state index is 5.70. The molecule has 126 valence electrons. The molecule has 1 aromatic carbocycles. The topological polar surface area (TPSA) is 3.24 Å². The largest absolute Gasteiger partial charge is 0.357 e. The first-order chi connectivity index (χ1) is 10.8. The second-order valence-electron chi connectivity index (χ2n) is 5.79. The van der Waals surface area contributed by atoms with Gasteiger partial charge in [-0.1, -0.05) is 94.6 Å². The molecule has 0 aliphatic rings. The molecule has 1 nitrogen and oxygen atoms in total. The number of benzene rings is 1. The molecule has 0 aliphatic carbocycles. The Balaban J connectivity index is 0.00000484. The van der Waals surface area contributed by atoms with E-state index in [4.69, 9.17) is 12.2 Å². The van der Waals surface area contributed by atoms with E-state index in [1.165, 1.54) is 56.3 Å². The Morgan fingerprint density at radius 2 is 1.39 bits per heavy atom. The van der Waals surface area contributed by atoms with Crippen molar-refractivity contribution in [2.75, 3.05) is 13.1 Å². The summed E-state index contributed by atoms with van der Waals surface area (Å²) in [6.45, 7) is 6.76. The van der Waals surface area contributed by atoms with Crippen molar-refractivity contribution in [3.63, 3.8) is 0 Å². The van der Waals surface area contributed by atoms with Gasteiger partial charge in [-0.05, 0) is 25.0 Å². The zero-order valence-corrected chi connectivity index (χ0v) is 19.5. The fraction of sp³-hybridized carbons (Fsp3) is 0.632. The van der Waals surface area contributed by atoms with Gasteiger partial charge < -0.3 is 4.90 Å². The van der Waals surface area contributed by atoms with Crippen LogP contribution in [0.2, 0.25) is 0 Å². The van der Waals surface area contributed by atoms with Gasteiger partial charge >= 0.3 is 0 Å². The summed E-state index contributed by atoms with van der Waals surface area (Å²) >= 11 is 7.44. The zero-order valence-electron chi connectivity index (χ0n) is 14.9. The minimum Gasteiger partial charge on any atom is -0.357 e. The van der Waals surface area contributed by atoms with E-state index in [0.29, 0.717) is 0 Å². The van der Waals surface area contributed by atoms with Crippen molar-refractivity contribution in [3.8, 4) is 0 Å². The van der Waals surface area contributed by atoms with Crippen molar-refractivity contribution in [1.82, 2.24) is 4.90 Å². The molecule has 0 spiro atoms. The molecule has 0 N–H and O–H groups in total. The molecule has 0 atom stereocenters. The van der Waals surface area contributed by atoms with Crippen molar-refractivity contribution in [3.05, 3.63) is 30.3 Å². The van der Waals surface area contributed by atoms with Crippen molar-refractivity contribution in [2.24, 2.45) is 0 Å². The fourth-order valence-electron chi connectivity index (χ4n) is 2.41. The average molecular weight is 403 g/mol. The number of hydrogen-bond acceptors (Lipinski definition) is 2. The Kier molecular flexibility index (Phi) is 15.7. The van der Waals surface area contributed by atoms with Crippen LogP contribution < -0.4 is 0 Å². The molecule has 0 heterocycles. The van der Waals surface area contributed by atoms with Crippen LogP contribution in [0.4, 0.5) is 0 Å². The monoisotopic (exact) mass is 401 g/mol. The maximum atomic E-state index is 5.70. The van der Waals surface area contributed by atoms with E-state index in [2.05, 4.69) is 49.1 Å². The number of thiocarbonyl (C=S) groups is 1. The molecule has 1 rings (SSSR count). The van der Waals surface area contributed by atoms with Gasteiger partial charge in [0.05, 0.1) is 0 Å². The van der Waals surface area contributed by atoms with Crippen LogP contribution in [0.25, 0.3) is 0 Å². The fourth-order valence-corrected chi connectivity index (χ4v) is 3.68. The Morgan fingerprint density at radius 1 is 0.870 bits per heavy atom. The summed E-state index contributed by atoms with van der Waals surface area (Å²) in [5.41, 5.74) is 0. The molecule has 0 fully saturated rings. The summed E-state index contributed by atoms with van der Waals surface area (Å²) in [5.74, 6) is 0. The minimum atomic E-state index is 0. The van der Waals surface area contributed by atoms with Gasteiger partial charge in [-0.15, -0.1) is 0 Å². The summed E-state index contributed by atoms with van der Waals surface area (Å²) in [6, 6.07) is 10.5. The predicted octanol–water partition coefficient (Wildman–Crippen LogP) is 6.52. The average Bonchev–Trinajstić information content (AvgIpc) is 2.54. The van der Waals surface area contributed by atoms with Crippen LogP contribution in [0.1, 0.15) is 65.2 Å². The van der Waals surface area contributed by atoms with Crippen molar-refractivity contribution >= 4 is 28.3 Å². The first-order valence-electron chi connectivity index (χ1n) is 8.79. The van der Waals surface area contributed by atoms with Gasteiger partial charge in [-0.3, -0.25) is 0 Å². The molecule has 0 radical (unpaired) electrons. The molecule has 1 aromatic rings. The quantitative estimate of drug-likeness (QED) is 0.179. The first-order valence-corrected chi connectivity index (χ1v) is 10.0. The van der Waals surface area contributed by atoms with Crippen LogP contribution in [-0.4, -0.2) is 22.3 Å². The van der Waals surface area contributed by atoms with Crippen LogP contribution in [0.5, 0.6) is 0 Å². The summed E-state index contributed by atoms with van der Waals surface area (Å²) in [7, 11) is 0. The van der Waals surface area contributed by atoms with E-state index >= 15 is 0 Å². The zero-order chi connectivity index (χ0) is 16.0. The predicted molar refractivity (Wildman–Crippen MR) is 105 cm³/mol. The smallest absolute Gasteiger partial charge is 0.141 e. The van der Waals surface area contributed by atoms with Crippen LogP contribution in [0.15, 0.2) is 35.2 Å². The number of rotatable bonds is 11. The molecular weight excluding hydrogens is 372 g/mol. The van der Waals surface area contributed by atoms with Gasteiger partial charge in [0.2, 0.25) is 0 Å². The molecule has 0 aliphatic heterocycles. The Labute approximate surface area is 165 Å². The molecule has 4 heteroatoms. The van der Waals surface area contributed by atoms with E-state index in [1.54, 1.807) is 11.8 Å². The number of nitrogens with zero attached hydrogens (tertiary/aromatic N) is 1. The Bertz CT molecular complexity index is 386. The van der Waals surface area contributed by atoms with Crippen LogP contribution in [0, 0.1) is 0 Å². The van der Waals surface area contributed by atoms with Crippen LogP contribution >= 0.6 is 24.0 Å². The van der Waals surface area contributed by atoms with E-state index in [1.807, 2.05) is 0 Å². The minimum absolute atomic E-state index is 0. The number of unbranched alkanes of at least 4 members (excludes halogenated alkanes) is 6. The van der Waals surface area contributed by atoms with Gasteiger partial charge in [0.25, 0.3) is 0 Å². The second-order valence-corrected chi connectivity index (χ2v) is 7.50. The van der Waals surface area contributed by atoms with E-state index < -0.39 is 0 Å². The molecule has 0 amide bonds. The number of hydrogen-bond donors (Lipinski definition) is 0. The molecular formula is C19H31NS2Zn. The molecule has 0 bridgehead atoms. The van der Waals surface area contributed by atoms with Crippen molar-refractivity contribution in [2.45, 2.75) is 70.1 Å². The summed E-state index contributed by atoms with van der Waals surface area (Å²) in [5, 5.41) is 0. The Hall–Kier alpha value is 0.0834. The van der Waals surface area contributed by atoms with Crippen LogP contribution in [-0.2, 0) is 19.5 Å². The van der Waals surface area contributed by atoms with Gasteiger partial charge in [0.1, 0.15) is 4.32 Å². The third-order valence-corrected chi connectivity index (χ3v) is 5.22. The summed E-state index contributed by atoms with van der Waals surface area (Å²) < 4.78 is 1.04. The third kappa shape index (κ3) is 11.3. The summed E-state index contributed by atoms with van der Waals surface area (Å²) in [4.78, 5) is 3.68. The Morgan fingerprint density at radius 3 is 1.87 bits per heavy atom. The van der Waals surface area contributed by atoms with Crippen LogP contribution in [0.3, 0.4) is 0 Å². The van der Waals surface area contributed by atoms with E-state index in [0.717, 1.165) is 17.4 Å². The van der Waals surface area contributed by atoms with Gasteiger partial charge in [-0.25, -0.2) is 0 Å². The van der Waals surface area contributed by atoms with E-state index in [9.17, 15) is 0 Å². The van der Waals surface area contributed by atoms with Crippen molar-refractivity contribution < 1.29 is 19.5 Å². The molecule has 0 saturated heterocycles. The van der Waals surface area contributed by atoms with Crippen molar-refractivity contribution in [1.29, 1.82) is 0 Å². The molecule has 23 heavy (non-hydrogen) atoms. The molecule has 0 unspecified atom stereocenters. The SMILES string of the molecule is CCCCCCN(CCCCCC)C(=S)Sc1ccccc1.[Zn]. The molecule has 0 saturated carbocycles. The van der Waals surface area contributed by atoms with Gasteiger partial charge in [0, 0.05) is 37.5 Å². The molecule has 0 aromatic heterocycles. The second kappa shape index (κ2) is 15.6. The first kappa shape index (κ1) is 23.1. The van der Waals surface area contributed by atoms with E-state index in [-0.39, 0.29) is 19.5 Å². The van der Waals surface area contributed by atoms with Gasteiger partial charge in [0.15, 0.2) is 0 Å². The number of thioether (sulfide) groups is 1. The van der Waals surface area contributed by atoms with Gasteiger partial charge in [-0.2, -0.15) is 0 Å². The third-order valence-electron chi connectivity index (χ3n) is 3.77. The summed E-state index contributed by atoms with van der Waals surface area (Å²) in [6.07, 6.45) is 10.4.